The van der Waals surface area contributed by atoms with Crippen molar-refractivity contribution in [1.29, 1.82) is 0 Å². The molecule has 10 heteroatoms. The highest BCUT2D eigenvalue weighted by atomic mass is 127. The quantitative estimate of drug-likeness (QED) is 0.0664. The van der Waals surface area contributed by atoms with E-state index in [0.717, 1.165) is 27.8 Å². The zero-order chi connectivity index (χ0) is 37.9. The lowest BCUT2D eigenvalue weighted by Gasteiger charge is -2.31. The second-order valence-corrected chi connectivity index (χ2v) is 16.0. The number of nitrogens with one attached hydrogen (secondary N) is 2. The Kier molecular flexibility index (Phi) is 13.8. The van der Waals surface area contributed by atoms with E-state index in [1.54, 1.807) is 30.3 Å². The van der Waals surface area contributed by atoms with Gasteiger partial charge in [-0.25, -0.2) is 8.42 Å². The van der Waals surface area contributed by atoms with Crippen LogP contribution in [0.3, 0.4) is 0 Å². The van der Waals surface area contributed by atoms with E-state index in [-0.39, 0.29) is 4.90 Å². The molecule has 278 valence electrons. The molecule has 1 amide bonds. The van der Waals surface area contributed by atoms with Crippen LogP contribution in [0.25, 0.3) is 11.1 Å². The van der Waals surface area contributed by atoms with Crippen molar-refractivity contribution in [2.75, 3.05) is 15.7 Å². The van der Waals surface area contributed by atoms with Gasteiger partial charge in [0, 0.05) is 5.69 Å². The van der Waals surface area contributed by atoms with Crippen molar-refractivity contribution in [1.82, 2.24) is 5.32 Å². The summed E-state index contributed by atoms with van der Waals surface area (Å²) in [6.45, 7) is 0.743. The maximum absolute atomic E-state index is 13.6. The third kappa shape index (κ3) is 10.5. The summed E-state index contributed by atoms with van der Waals surface area (Å²) in [5.74, 6) is -0.651. The minimum atomic E-state index is -4.52. The number of carbonyl (C=O) groups is 1. The molecular formula is C43H44F3IN2O3S. The molecule has 6 rings (SSSR count). The van der Waals surface area contributed by atoms with Gasteiger partial charge in [0.1, 0.15) is 12.0 Å². The summed E-state index contributed by atoms with van der Waals surface area (Å²) in [4.78, 5) is 13.8. The molecule has 0 aliphatic heterocycles. The summed E-state index contributed by atoms with van der Waals surface area (Å²) in [6.07, 6.45) is 1.67. The van der Waals surface area contributed by atoms with E-state index < -0.39 is 34.1 Å². The Balaban J connectivity index is 0.000000384. The average Bonchev–Trinajstić information content (AvgIpc) is 3.44. The second-order valence-electron chi connectivity index (χ2n) is 13.2. The van der Waals surface area contributed by atoms with Gasteiger partial charge >= 0.3 is 6.18 Å². The van der Waals surface area contributed by atoms with Gasteiger partial charge in [0.25, 0.3) is 10.0 Å². The first-order valence-electron chi connectivity index (χ1n) is 17.8. The summed E-state index contributed by atoms with van der Waals surface area (Å²) >= 11 is 2.44. The predicted octanol–water partition coefficient (Wildman–Crippen LogP) is 10.6. The first kappa shape index (κ1) is 40.0. The minimum absolute atomic E-state index is 0.173. The van der Waals surface area contributed by atoms with Crippen molar-refractivity contribution in [3.05, 3.63) is 155 Å². The highest BCUT2D eigenvalue weighted by Crippen LogP contribution is 2.51. The fourth-order valence-electron chi connectivity index (χ4n) is 6.74. The van der Waals surface area contributed by atoms with Gasteiger partial charge in [0.15, 0.2) is 0 Å². The number of benzene rings is 5. The van der Waals surface area contributed by atoms with Crippen LogP contribution in [-0.4, -0.2) is 31.5 Å². The van der Waals surface area contributed by atoms with Crippen LogP contribution in [0.2, 0.25) is 0 Å². The SMILES string of the molecule is Cc1ccc(CCCCI)cc1.O=C(NCC(F)(F)F)C1(CCCCc2ccc(NS(=O)(=O)c3ccccc3)cc2)c2ccccc2-c2ccccc21. The molecule has 5 aromatic carbocycles. The number of unbranched alkanes of at least 4 members (excludes halogenated alkanes) is 2. The van der Waals surface area contributed by atoms with Crippen LogP contribution in [0.1, 0.15) is 59.9 Å². The van der Waals surface area contributed by atoms with Gasteiger partial charge in [-0.05, 0) is 108 Å². The molecule has 53 heavy (non-hydrogen) atoms. The maximum atomic E-state index is 13.6. The first-order chi connectivity index (χ1) is 25.4. The molecule has 0 atom stereocenters. The summed E-state index contributed by atoms with van der Waals surface area (Å²) in [5.41, 5.74) is 6.19. The Labute approximate surface area is 324 Å². The largest absolute Gasteiger partial charge is 0.405 e. The first-order valence-corrected chi connectivity index (χ1v) is 20.8. The third-order valence-corrected chi connectivity index (χ3v) is 11.6. The van der Waals surface area contributed by atoms with E-state index in [1.807, 2.05) is 60.7 Å². The van der Waals surface area contributed by atoms with Crippen LogP contribution in [0.4, 0.5) is 18.9 Å². The highest BCUT2D eigenvalue weighted by molar-refractivity contribution is 14.1. The lowest BCUT2D eigenvalue weighted by Crippen LogP contribution is -2.47. The van der Waals surface area contributed by atoms with E-state index in [1.165, 1.54) is 46.9 Å². The molecule has 0 fully saturated rings. The molecule has 2 N–H and O–H groups in total. The van der Waals surface area contributed by atoms with Gasteiger partial charge in [-0.3, -0.25) is 9.52 Å². The van der Waals surface area contributed by atoms with Crippen molar-refractivity contribution in [2.24, 2.45) is 0 Å². The monoisotopic (exact) mass is 852 g/mol. The van der Waals surface area contributed by atoms with Crippen molar-refractivity contribution in [3.8, 4) is 11.1 Å². The molecule has 0 saturated heterocycles. The van der Waals surface area contributed by atoms with Gasteiger partial charge in [-0.2, -0.15) is 13.2 Å². The van der Waals surface area contributed by atoms with Crippen molar-refractivity contribution >= 4 is 44.2 Å². The van der Waals surface area contributed by atoms with Gasteiger partial charge in [0.2, 0.25) is 5.91 Å². The Morgan fingerprint density at radius 3 is 1.74 bits per heavy atom. The molecule has 0 heterocycles. The molecule has 1 aliphatic rings. The lowest BCUT2D eigenvalue weighted by molar-refractivity contribution is -0.141. The summed E-state index contributed by atoms with van der Waals surface area (Å²) in [6, 6.07) is 38.9. The van der Waals surface area contributed by atoms with Crippen LogP contribution >= 0.6 is 22.6 Å². The van der Waals surface area contributed by atoms with Crippen molar-refractivity contribution < 1.29 is 26.4 Å². The molecule has 0 spiro atoms. The molecule has 0 saturated carbocycles. The number of hydrogen-bond donors (Lipinski definition) is 2. The number of aryl methyl sites for hydroxylation is 3. The standard InChI is InChI=1S/C32H29F3N2O3S.C11H15I/c33-32(34,35)22-36-30(38)31(28-15-6-4-13-26(28)27-14-5-7-16-29(27)31)21-9-8-10-23-17-19-24(20-18-23)37-41(39,40)25-11-2-1-3-12-25;1-10-5-7-11(8-6-10)4-2-3-9-12/h1-7,11-20,37H,8-10,21-22H2,(H,36,38);5-8H,2-4,9H2,1H3. The van der Waals surface area contributed by atoms with Gasteiger partial charge in [0.05, 0.1) is 4.90 Å². The van der Waals surface area contributed by atoms with E-state index in [0.29, 0.717) is 31.4 Å². The molecule has 0 bridgehead atoms. The Morgan fingerprint density at radius 2 is 1.19 bits per heavy atom. The molecule has 1 aliphatic carbocycles. The molecule has 0 unspecified atom stereocenters. The lowest BCUT2D eigenvalue weighted by atomic mass is 9.73. The number of alkyl halides is 4. The van der Waals surface area contributed by atoms with E-state index in [9.17, 15) is 26.4 Å². The number of sulfonamides is 1. The average molecular weight is 853 g/mol. The zero-order valence-corrected chi connectivity index (χ0v) is 32.6. The summed E-state index contributed by atoms with van der Waals surface area (Å²) < 4.78 is 68.2. The number of hydrogen-bond acceptors (Lipinski definition) is 3. The maximum Gasteiger partial charge on any atom is 0.405 e. The van der Waals surface area contributed by atoms with Crippen molar-refractivity contribution in [2.45, 2.75) is 68.4 Å². The number of halogens is 4. The number of fused-ring (bicyclic) bond motifs is 3. The minimum Gasteiger partial charge on any atom is -0.346 e. The fraction of sp³-hybridized carbons (Fsp3) is 0.279. The Morgan fingerprint density at radius 1 is 0.679 bits per heavy atom. The Hall–Kier alpha value is -4.16. The molecule has 5 nitrogen and oxygen atoms in total. The molecular weight excluding hydrogens is 808 g/mol. The van der Waals surface area contributed by atoms with Crippen LogP contribution in [0, 0.1) is 6.92 Å². The number of anilines is 1. The smallest absolute Gasteiger partial charge is 0.346 e. The van der Waals surface area contributed by atoms with Gasteiger partial charge in [-0.1, -0.05) is 138 Å². The summed E-state index contributed by atoms with van der Waals surface area (Å²) in [7, 11) is -3.69. The van der Waals surface area contributed by atoms with E-state index in [4.69, 9.17) is 0 Å². The molecule has 0 radical (unpaired) electrons. The number of amides is 1. The van der Waals surface area contributed by atoms with E-state index >= 15 is 0 Å². The van der Waals surface area contributed by atoms with Gasteiger partial charge < -0.3 is 5.32 Å². The van der Waals surface area contributed by atoms with Crippen LogP contribution < -0.4 is 10.0 Å². The van der Waals surface area contributed by atoms with Gasteiger partial charge in [-0.15, -0.1) is 0 Å². The fourth-order valence-corrected chi connectivity index (χ4v) is 8.35. The topological polar surface area (TPSA) is 75.3 Å². The highest BCUT2D eigenvalue weighted by Gasteiger charge is 2.49. The van der Waals surface area contributed by atoms with Crippen LogP contribution in [-0.2, 0) is 33.1 Å². The van der Waals surface area contributed by atoms with Crippen LogP contribution in [0.15, 0.2) is 132 Å². The zero-order valence-electron chi connectivity index (χ0n) is 29.6. The normalized spacial score (nSPS) is 12.9. The van der Waals surface area contributed by atoms with Crippen LogP contribution in [0.5, 0.6) is 0 Å². The van der Waals surface area contributed by atoms with Crippen molar-refractivity contribution in [3.63, 3.8) is 0 Å². The summed E-state index contributed by atoms with van der Waals surface area (Å²) in [5, 5.41) is 2.16. The Bertz CT molecular complexity index is 2010. The number of rotatable bonds is 14. The van der Waals surface area contributed by atoms with E-state index in [2.05, 4.69) is 63.8 Å². The number of carbonyl (C=O) groups excluding carboxylic acids is 1. The molecule has 5 aromatic rings. The molecule has 0 aromatic heterocycles. The predicted molar refractivity (Wildman–Crippen MR) is 216 cm³/mol. The third-order valence-electron chi connectivity index (χ3n) is 9.40. The second kappa shape index (κ2) is 18.2.